The van der Waals surface area contributed by atoms with E-state index in [4.69, 9.17) is 4.74 Å². The zero-order valence-electron chi connectivity index (χ0n) is 14.6. The molecule has 2 aliphatic heterocycles. The average molecular weight is 339 g/mol. The molecule has 2 unspecified atom stereocenters. The van der Waals surface area contributed by atoms with Crippen molar-refractivity contribution in [1.82, 2.24) is 10.6 Å². The number of hydrogen-bond acceptors (Lipinski definition) is 4. The summed E-state index contributed by atoms with van der Waals surface area (Å²) in [5, 5.41) is 6.86. The molecule has 5 nitrogen and oxygen atoms in total. The summed E-state index contributed by atoms with van der Waals surface area (Å²) in [7, 11) is 0. The second kappa shape index (κ2) is 7.02. The lowest BCUT2D eigenvalue weighted by Crippen LogP contribution is -2.51. The number of fused-ring (bicyclic) bond motifs is 3. The fourth-order valence-corrected chi connectivity index (χ4v) is 3.77. The van der Waals surface area contributed by atoms with E-state index < -0.39 is 0 Å². The van der Waals surface area contributed by atoms with Crippen LogP contribution in [0.3, 0.4) is 0 Å². The molecule has 1 aromatic carbocycles. The number of nitrogens with zero attached hydrogens (tertiary/aromatic N) is 1. The van der Waals surface area contributed by atoms with Crippen LogP contribution in [-0.4, -0.2) is 31.6 Å². The molecular weight excluding hydrogens is 314 g/mol. The number of para-hydroxylation sites is 1. The first-order valence-electron chi connectivity index (χ1n) is 9.20. The minimum Gasteiger partial charge on any atom is -0.376 e. The number of ether oxygens (including phenoxy) is 1. The third kappa shape index (κ3) is 2.98. The normalized spacial score (nSPS) is 24.3. The second-order valence-corrected chi connectivity index (χ2v) is 6.70. The Hall–Kier alpha value is -2.11. The van der Waals surface area contributed by atoms with Crippen LogP contribution in [0, 0.1) is 0 Å². The predicted molar refractivity (Wildman–Crippen MR) is 98.1 cm³/mol. The first-order valence-corrected chi connectivity index (χ1v) is 9.20. The molecular formula is C20H25N3O2. The zero-order chi connectivity index (χ0) is 17.2. The number of carbonyl (C=O) groups excluding carboxylic acids is 1. The number of hydrogen-bond donors (Lipinski definition) is 2. The van der Waals surface area contributed by atoms with Crippen LogP contribution in [-0.2, 0) is 9.53 Å². The molecule has 1 aromatic rings. The largest absolute Gasteiger partial charge is 0.376 e. The average Bonchev–Trinajstić information content (AvgIpc) is 2.61. The minimum absolute atomic E-state index is 0.00430. The Morgan fingerprint density at radius 1 is 1.40 bits per heavy atom. The van der Waals surface area contributed by atoms with Crippen LogP contribution in [0.15, 0.2) is 47.8 Å². The van der Waals surface area contributed by atoms with E-state index in [2.05, 4.69) is 35.8 Å². The summed E-state index contributed by atoms with van der Waals surface area (Å²) in [5.74, 6) is 0.135. The van der Waals surface area contributed by atoms with Gasteiger partial charge in [0.25, 0.3) is 0 Å². The quantitative estimate of drug-likeness (QED) is 0.828. The lowest BCUT2D eigenvalue weighted by Gasteiger charge is -2.44. The Morgan fingerprint density at radius 2 is 2.28 bits per heavy atom. The fourth-order valence-electron chi connectivity index (χ4n) is 3.77. The van der Waals surface area contributed by atoms with E-state index in [0.29, 0.717) is 19.6 Å². The number of benzene rings is 1. The van der Waals surface area contributed by atoms with Crippen LogP contribution in [0.5, 0.6) is 0 Å². The van der Waals surface area contributed by atoms with Crippen LogP contribution >= 0.6 is 0 Å². The van der Waals surface area contributed by atoms with Crippen molar-refractivity contribution in [3.63, 3.8) is 0 Å². The van der Waals surface area contributed by atoms with Gasteiger partial charge in [-0.2, -0.15) is 0 Å². The molecule has 3 aliphatic rings. The van der Waals surface area contributed by atoms with Gasteiger partial charge in [-0.15, -0.1) is 0 Å². The van der Waals surface area contributed by atoms with Crippen LogP contribution in [0.4, 0.5) is 5.69 Å². The Balaban J connectivity index is 1.77. The summed E-state index contributed by atoms with van der Waals surface area (Å²) >= 11 is 0. The van der Waals surface area contributed by atoms with E-state index >= 15 is 0 Å². The van der Waals surface area contributed by atoms with Crippen molar-refractivity contribution >= 4 is 11.6 Å². The molecule has 2 N–H and O–H groups in total. The van der Waals surface area contributed by atoms with Crippen molar-refractivity contribution in [1.29, 1.82) is 0 Å². The molecule has 2 atom stereocenters. The van der Waals surface area contributed by atoms with Gasteiger partial charge in [0.15, 0.2) is 0 Å². The van der Waals surface area contributed by atoms with E-state index in [1.807, 2.05) is 23.1 Å². The number of rotatable bonds is 4. The summed E-state index contributed by atoms with van der Waals surface area (Å²) in [6.45, 7) is 4.33. The molecule has 0 spiro atoms. The first-order chi connectivity index (χ1) is 12.3. The summed E-state index contributed by atoms with van der Waals surface area (Å²) in [4.78, 5) is 15.0. The summed E-state index contributed by atoms with van der Waals surface area (Å²) in [6, 6.07) is 8.44. The Morgan fingerprint density at radius 3 is 3.08 bits per heavy atom. The van der Waals surface area contributed by atoms with Crippen LogP contribution in [0.1, 0.15) is 37.9 Å². The van der Waals surface area contributed by atoms with Crippen molar-refractivity contribution < 1.29 is 9.53 Å². The molecule has 0 radical (unpaired) electrons. The van der Waals surface area contributed by atoms with Crippen LogP contribution in [0.25, 0.3) is 0 Å². The van der Waals surface area contributed by atoms with E-state index in [9.17, 15) is 4.79 Å². The van der Waals surface area contributed by atoms with Gasteiger partial charge in [0.1, 0.15) is 6.10 Å². The van der Waals surface area contributed by atoms with Gasteiger partial charge in [0.05, 0.1) is 24.0 Å². The highest BCUT2D eigenvalue weighted by atomic mass is 16.5. The number of nitrogens with one attached hydrogen (secondary N) is 2. The highest BCUT2D eigenvalue weighted by Crippen LogP contribution is 2.41. The molecule has 5 heteroatoms. The summed E-state index contributed by atoms with van der Waals surface area (Å²) in [5.41, 5.74) is 4.23. The SMILES string of the molecule is CCNCCC(=O)N1C2=C(C=CCC2)NC2COC2c2ccccc21. The molecule has 1 saturated heterocycles. The third-order valence-electron chi connectivity index (χ3n) is 5.07. The molecule has 132 valence electrons. The molecule has 2 heterocycles. The summed E-state index contributed by atoms with van der Waals surface area (Å²) in [6.07, 6.45) is 6.62. The van der Waals surface area contributed by atoms with Gasteiger partial charge < -0.3 is 15.4 Å². The lowest BCUT2D eigenvalue weighted by molar-refractivity contribution is -0.118. The van der Waals surface area contributed by atoms with Crippen molar-refractivity contribution in [3.8, 4) is 0 Å². The predicted octanol–water partition coefficient (Wildman–Crippen LogP) is 2.62. The molecule has 25 heavy (non-hydrogen) atoms. The van der Waals surface area contributed by atoms with Crippen LogP contribution < -0.4 is 15.5 Å². The molecule has 4 rings (SSSR count). The summed E-state index contributed by atoms with van der Waals surface area (Å²) < 4.78 is 5.84. The Bertz CT molecular complexity index is 725. The molecule has 0 aromatic heterocycles. The van der Waals surface area contributed by atoms with E-state index in [1.165, 1.54) is 0 Å². The molecule has 1 amide bonds. The maximum absolute atomic E-state index is 13.1. The number of allylic oxidation sites excluding steroid dienone is 3. The fraction of sp³-hybridized carbons (Fsp3) is 0.450. The molecule has 1 aliphatic carbocycles. The number of amides is 1. The highest BCUT2D eigenvalue weighted by Gasteiger charge is 2.39. The monoisotopic (exact) mass is 339 g/mol. The topological polar surface area (TPSA) is 53.6 Å². The number of carbonyl (C=O) groups is 1. The smallest absolute Gasteiger partial charge is 0.232 e. The Labute approximate surface area is 148 Å². The Kier molecular flexibility index (Phi) is 4.59. The third-order valence-corrected chi connectivity index (χ3v) is 5.07. The molecule has 0 saturated carbocycles. The maximum atomic E-state index is 13.1. The van der Waals surface area contributed by atoms with Crippen molar-refractivity contribution in [2.45, 2.75) is 38.3 Å². The lowest BCUT2D eigenvalue weighted by atomic mass is 9.92. The van der Waals surface area contributed by atoms with Gasteiger partial charge in [-0.05, 0) is 31.5 Å². The van der Waals surface area contributed by atoms with Crippen LogP contribution in [0.2, 0.25) is 0 Å². The maximum Gasteiger partial charge on any atom is 0.232 e. The van der Waals surface area contributed by atoms with Gasteiger partial charge in [0.2, 0.25) is 5.91 Å². The van der Waals surface area contributed by atoms with Crippen molar-refractivity contribution in [2.75, 3.05) is 24.6 Å². The van der Waals surface area contributed by atoms with E-state index in [0.717, 1.165) is 42.0 Å². The van der Waals surface area contributed by atoms with Gasteiger partial charge >= 0.3 is 0 Å². The second-order valence-electron chi connectivity index (χ2n) is 6.70. The van der Waals surface area contributed by atoms with Crippen molar-refractivity contribution in [2.24, 2.45) is 0 Å². The van der Waals surface area contributed by atoms with Crippen molar-refractivity contribution in [3.05, 3.63) is 53.4 Å². The zero-order valence-corrected chi connectivity index (χ0v) is 14.6. The van der Waals surface area contributed by atoms with Gasteiger partial charge in [-0.1, -0.05) is 31.2 Å². The highest BCUT2D eigenvalue weighted by molar-refractivity contribution is 5.98. The first kappa shape index (κ1) is 16.4. The van der Waals surface area contributed by atoms with E-state index in [-0.39, 0.29) is 18.1 Å². The minimum atomic E-state index is 0.00430. The molecule has 1 fully saturated rings. The standard InChI is InChI=1S/C20H25N3O2/c1-2-21-12-11-19(24)23-17-9-5-3-7-14(17)20-16(13-25-20)22-15-8-4-6-10-18(15)23/h3-5,7-9,16,20-22H,2,6,10-13H2,1H3. The van der Waals surface area contributed by atoms with Gasteiger partial charge in [0, 0.05) is 24.2 Å². The number of anilines is 1. The van der Waals surface area contributed by atoms with Gasteiger partial charge in [-0.3, -0.25) is 9.69 Å². The molecule has 0 bridgehead atoms. The van der Waals surface area contributed by atoms with Gasteiger partial charge in [-0.25, -0.2) is 0 Å². The van der Waals surface area contributed by atoms with E-state index in [1.54, 1.807) is 0 Å².